The van der Waals surface area contributed by atoms with Crippen molar-refractivity contribution in [2.45, 2.75) is 37.9 Å². The molecule has 3 unspecified atom stereocenters. The third-order valence-electron chi connectivity index (χ3n) is 3.36. The average Bonchev–Trinajstić information content (AvgIpc) is 2.88. The lowest BCUT2D eigenvalue weighted by Crippen LogP contribution is -2.47. The molecular formula is C12H18BrN3OS. The topological polar surface area (TPSA) is 72.3 Å². The third kappa shape index (κ3) is 2.77. The van der Waals surface area contributed by atoms with E-state index in [2.05, 4.69) is 26.9 Å². The van der Waals surface area contributed by atoms with Gasteiger partial charge >= 0.3 is 0 Å². The van der Waals surface area contributed by atoms with E-state index in [9.17, 15) is 4.79 Å². The third-order valence-corrected chi connectivity index (χ3v) is 5.12. The van der Waals surface area contributed by atoms with Crippen LogP contribution in [0, 0.1) is 0 Å². The molecule has 1 aromatic heterocycles. The van der Waals surface area contributed by atoms with Crippen LogP contribution in [0.2, 0.25) is 0 Å². The summed E-state index contributed by atoms with van der Waals surface area (Å²) in [4.78, 5) is 14.9. The number of halogens is 1. The van der Waals surface area contributed by atoms with Crippen molar-refractivity contribution in [3.8, 4) is 0 Å². The minimum atomic E-state index is -0.242. The molecule has 6 heteroatoms. The summed E-state index contributed by atoms with van der Waals surface area (Å²) in [6, 6.07) is 1.94. The number of carbonyl (C=O) groups excluding carboxylic acids is 1. The molecule has 4 N–H and O–H groups in total. The summed E-state index contributed by atoms with van der Waals surface area (Å²) in [6.45, 7) is 2.87. The Balaban J connectivity index is 2.28. The van der Waals surface area contributed by atoms with Gasteiger partial charge in [0, 0.05) is 20.8 Å². The Morgan fingerprint density at radius 1 is 1.67 bits per heavy atom. The fourth-order valence-corrected chi connectivity index (χ4v) is 4.32. The van der Waals surface area contributed by atoms with Crippen LogP contribution in [0.1, 0.15) is 30.7 Å². The van der Waals surface area contributed by atoms with Crippen molar-refractivity contribution in [3.63, 3.8) is 0 Å². The van der Waals surface area contributed by atoms with Crippen LogP contribution >= 0.6 is 27.3 Å². The van der Waals surface area contributed by atoms with Gasteiger partial charge in [-0.25, -0.2) is 0 Å². The summed E-state index contributed by atoms with van der Waals surface area (Å²) in [5.74, 6) is -0.242. The van der Waals surface area contributed by atoms with E-state index in [0.717, 1.165) is 23.9 Å². The Morgan fingerprint density at radius 3 is 2.89 bits per heavy atom. The van der Waals surface area contributed by atoms with Gasteiger partial charge in [-0.1, -0.05) is 0 Å². The second-order valence-corrected chi connectivity index (χ2v) is 6.63. The highest BCUT2D eigenvalue weighted by Crippen LogP contribution is 2.35. The van der Waals surface area contributed by atoms with Crippen LogP contribution in [-0.2, 0) is 4.79 Å². The van der Waals surface area contributed by atoms with E-state index in [1.54, 1.807) is 11.3 Å². The molecule has 0 bridgehead atoms. The second kappa shape index (κ2) is 5.69. The van der Waals surface area contributed by atoms with Crippen molar-refractivity contribution in [1.82, 2.24) is 4.90 Å². The molecule has 0 spiro atoms. The Kier molecular flexibility index (Phi) is 4.42. The van der Waals surface area contributed by atoms with Gasteiger partial charge in [-0.05, 0) is 48.3 Å². The monoisotopic (exact) mass is 331 g/mol. The van der Waals surface area contributed by atoms with Crippen molar-refractivity contribution in [2.75, 3.05) is 6.54 Å². The zero-order valence-corrected chi connectivity index (χ0v) is 12.7. The second-order valence-electron chi connectivity index (χ2n) is 4.77. The number of thiophene rings is 1. The molecule has 1 aliphatic rings. The first-order valence-corrected chi connectivity index (χ1v) is 7.72. The van der Waals surface area contributed by atoms with Crippen LogP contribution in [0.3, 0.4) is 0 Å². The van der Waals surface area contributed by atoms with Crippen LogP contribution in [0.5, 0.6) is 0 Å². The molecule has 0 saturated carbocycles. The molecule has 1 aliphatic heterocycles. The van der Waals surface area contributed by atoms with Gasteiger partial charge in [0.15, 0.2) is 0 Å². The number of rotatable bonds is 4. The number of primary amides is 1. The van der Waals surface area contributed by atoms with Gasteiger partial charge in [-0.15, -0.1) is 11.3 Å². The average molecular weight is 332 g/mol. The van der Waals surface area contributed by atoms with E-state index < -0.39 is 0 Å². The SMILES string of the molecule is CC(N)C(c1cc(Br)cs1)N1CCCC1C(N)=O. The van der Waals surface area contributed by atoms with Gasteiger partial charge in [0.05, 0.1) is 12.1 Å². The lowest BCUT2D eigenvalue weighted by molar-refractivity contribution is -0.123. The molecule has 1 aromatic rings. The molecule has 0 aromatic carbocycles. The summed E-state index contributed by atoms with van der Waals surface area (Å²) in [6.07, 6.45) is 1.84. The molecule has 3 atom stereocenters. The summed E-state index contributed by atoms with van der Waals surface area (Å²) in [5, 5.41) is 2.04. The molecule has 4 nitrogen and oxygen atoms in total. The maximum Gasteiger partial charge on any atom is 0.234 e. The zero-order valence-electron chi connectivity index (χ0n) is 10.3. The molecule has 1 saturated heterocycles. The standard InChI is InChI=1S/C12H18BrN3OS/c1-7(14)11(10-5-8(13)6-18-10)16-4-2-3-9(16)12(15)17/h5-7,9,11H,2-4,14H2,1H3,(H2,15,17). The quantitative estimate of drug-likeness (QED) is 0.884. The highest BCUT2D eigenvalue weighted by molar-refractivity contribution is 9.10. The predicted molar refractivity (Wildman–Crippen MR) is 77.3 cm³/mol. The van der Waals surface area contributed by atoms with E-state index in [1.807, 2.05) is 12.3 Å². The maximum absolute atomic E-state index is 11.5. The number of likely N-dealkylation sites (tertiary alicyclic amines) is 1. The minimum absolute atomic E-state index is 0.0319. The van der Waals surface area contributed by atoms with Gasteiger partial charge in [0.25, 0.3) is 0 Å². The normalized spacial score (nSPS) is 24.1. The number of carbonyl (C=O) groups is 1. The first kappa shape index (κ1) is 14.0. The molecule has 2 rings (SSSR count). The van der Waals surface area contributed by atoms with Crippen molar-refractivity contribution in [2.24, 2.45) is 11.5 Å². The van der Waals surface area contributed by atoms with Crippen LogP contribution in [0.25, 0.3) is 0 Å². The van der Waals surface area contributed by atoms with Crippen molar-refractivity contribution in [3.05, 3.63) is 20.8 Å². The van der Waals surface area contributed by atoms with Gasteiger partial charge in [-0.2, -0.15) is 0 Å². The minimum Gasteiger partial charge on any atom is -0.368 e. The van der Waals surface area contributed by atoms with E-state index in [-0.39, 0.29) is 24.0 Å². The fraction of sp³-hybridized carbons (Fsp3) is 0.583. The molecule has 100 valence electrons. The number of hydrogen-bond acceptors (Lipinski definition) is 4. The molecule has 0 aliphatic carbocycles. The summed E-state index contributed by atoms with van der Waals surface area (Å²) in [5.41, 5.74) is 11.6. The van der Waals surface area contributed by atoms with Crippen LogP contribution in [-0.4, -0.2) is 29.4 Å². The first-order valence-electron chi connectivity index (χ1n) is 6.05. The van der Waals surface area contributed by atoms with Gasteiger partial charge in [-0.3, -0.25) is 9.69 Å². The number of hydrogen-bond donors (Lipinski definition) is 2. The Labute approximate surface area is 119 Å². The van der Waals surface area contributed by atoms with E-state index in [4.69, 9.17) is 11.5 Å². The molecule has 1 amide bonds. The van der Waals surface area contributed by atoms with Crippen molar-refractivity contribution < 1.29 is 4.79 Å². The smallest absolute Gasteiger partial charge is 0.234 e. The fourth-order valence-electron chi connectivity index (χ4n) is 2.64. The molecule has 1 fully saturated rings. The first-order chi connectivity index (χ1) is 8.50. The summed E-state index contributed by atoms with van der Waals surface area (Å²) in [7, 11) is 0. The van der Waals surface area contributed by atoms with Crippen molar-refractivity contribution >= 4 is 33.2 Å². The van der Waals surface area contributed by atoms with Gasteiger partial charge < -0.3 is 11.5 Å². The van der Waals surface area contributed by atoms with Crippen LogP contribution in [0.4, 0.5) is 0 Å². The summed E-state index contributed by atoms with van der Waals surface area (Å²) < 4.78 is 1.06. The van der Waals surface area contributed by atoms with Crippen LogP contribution in [0.15, 0.2) is 15.9 Å². The summed E-state index contributed by atoms with van der Waals surface area (Å²) >= 11 is 5.13. The molecule has 2 heterocycles. The molecule has 0 radical (unpaired) electrons. The lowest BCUT2D eigenvalue weighted by Gasteiger charge is -2.33. The highest BCUT2D eigenvalue weighted by atomic mass is 79.9. The van der Waals surface area contributed by atoms with E-state index in [0.29, 0.717) is 0 Å². The van der Waals surface area contributed by atoms with E-state index in [1.165, 1.54) is 4.88 Å². The lowest BCUT2D eigenvalue weighted by atomic mass is 10.1. The largest absolute Gasteiger partial charge is 0.368 e. The van der Waals surface area contributed by atoms with Gasteiger partial charge in [0.2, 0.25) is 5.91 Å². The van der Waals surface area contributed by atoms with E-state index >= 15 is 0 Å². The Morgan fingerprint density at radius 2 is 2.39 bits per heavy atom. The number of amides is 1. The predicted octanol–water partition coefficient (Wildman–Crippen LogP) is 1.85. The zero-order chi connectivity index (χ0) is 13.3. The number of nitrogens with two attached hydrogens (primary N) is 2. The van der Waals surface area contributed by atoms with Crippen molar-refractivity contribution in [1.29, 1.82) is 0 Å². The molecule has 18 heavy (non-hydrogen) atoms. The highest BCUT2D eigenvalue weighted by Gasteiger charge is 2.37. The van der Waals surface area contributed by atoms with Gasteiger partial charge in [0.1, 0.15) is 0 Å². The molecular weight excluding hydrogens is 314 g/mol. The van der Waals surface area contributed by atoms with Crippen LogP contribution < -0.4 is 11.5 Å². The number of nitrogens with zero attached hydrogens (tertiary/aromatic N) is 1. The Bertz CT molecular complexity index is 435. The Hall–Kier alpha value is -0.430. The maximum atomic E-state index is 11.5.